The van der Waals surface area contributed by atoms with Gasteiger partial charge in [-0.1, -0.05) is 6.07 Å². The monoisotopic (exact) mass is 296 g/mol. The Morgan fingerprint density at radius 2 is 2.05 bits per heavy atom. The van der Waals surface area contributed by atoms with Crippen LogP contribution >= 0.6 is 0 Å². The van der Waals surface area contributed by atoms with Crippen molar-refractivity contribution < 1.29 is 9.47 Å². The molecule has 112 valence electrons. The van der Waals surface area contributed by atoms with Crippen LogP contribution in [0.4, 0.5) is 5.82 Å². The third kappa shape index (κ3) is 3.32. The van der Waals surface area contributed by atoms with Gasteiger partial charge in [0.25, 0.3) is 0 Å². The van der Waals surface area contributed by atoms with Crippen LogP contribution in [0.1, 0.15) is 11.4 Å². The van der Waals surface area contributed by atoms with Crippen molar-refractivity contribution in [2.45, 2.75) is 6.92 Å². The maximum Gasteiger partial charge on any atom is 0.224 e. The van der Waals surface area contributed by atoms with Crippen LogP contribution in [0.3, 0.4) is 0 Å². The van der Waals surface area contributed by atoms with Gasteiger partial charge in [-0.15, -0.1) is 0 Å². The number of benzene rings is 1. The minimum atomic E-state index is 0.476. The van der Waals surface area contributed by atoms with Gasteiger partial charge in [0.2, 0.25) is 5.88 Å². The van der Waals surface area contributed by atoms with Gasteiger partial charge in [-0.25, -0.2) is 4.98 Å². The summed E-state index contributed by atoms with van der Waals surface area (Å²) in [5.41, 5.74) is 0.552. The Hall–Kier alpha value is -2.65. The van der Waals surface area contributed by atoms with E-state index in [0.717, 1.165) is 18.9 Å². The molecule has 0 atom stereocenters. The lowest BCUT2D eigenvalue weighted by Crippen LogP contribution is -2.36. The molecule has 1 aliphatic rings. The van der Waals surface area contributed by atoms with E-state index >= 15 is 0 Å². The fourth-order valence-corrected chi connectivity index (χ4v) is 2.28. The molecule has 0 N–H and O–H groups in total. The second-order valence-electron chi connectivity index (χ2n) is 4.95. The molecule has 0 spiro atoms. The molecule has 1 saturated heterocycles. The highest BCUT2D eigenvalue weighted by Crippen LogP contribution is 2.24. The van der Waals surface area contributed by atoms with Crippen LogP contribution in [0, 0.1) is 18.3 Å². The highest BCUT2D eigenvalue weighted by atomic mass is 16.5. The Bertz CT molecular complexity index is 706. The van der Waals surface area contributed by atoms with E-state index < -0.39 is 0 Å². The van der Waals surface area contributed by atoms with E-state index in [9.17, 15) is 0 Å². The van der Waals surface area contributed by atoms with Crippen LogP contribution in [-0.4, -0.2) is 36.3 Å². The smallest absolute Gasteiger partial charge is 0.224 e. The van der Waals surface area contributed by atoms with Crippen LogP contribution < -0.4 is 9.64 Å². The summed E-state index contributed by atoms with van der Waals surface area (Å²) in [5, 5.41) is 8.94. The maximum atomic E-state index is 8.94. The van der Waals surface area contributed by atoms with Crippen LogP contribution in [-0.2, 0) is 4.74 Å². The normalized spacial score (nSPS) is 14.5. The number of ether oxygens (including phenoxy) is 2. The first-order valence-electron chi connectivity index (χ1n) is 7.11. The zero-order valence-corrected chi connectivity index (χ0v) is 12.3. The number of nitrogens with zero attached hydrogens (tertiary/aromatic N) is 4. The SMILES string of the molecule is Cc1nc(Oc2cccc(C#N)c2)cc(N2CCOCC2)n1. The van der Waals surface area contributed by atoms with E-state index in [1.165, 1.54) is 0 Å². The molecular formula is C16H16N4O2. The molecule has 1 aromatic heterocycles. The number of hydrogen-bond acceptors (Lipinski definition) is 6. The molecular weight excluding hydrogens is 280 g/mol. The first kappa shape index (κ1) is 14.3. The Labute approximate surface area is 128 Å². The molecule has 22 heavy (non-hydrogen) atoms. The van der Waals surface area contributed by atoms with E-state index in [1.54, 1.807) is 24.3 Å². The molecule has 0 unspecified atom stereocenters. The predicted molar refractivity (Wildman–Crippen MR) is 81.0 cm³/mol. The van der Waals surface area contributed by atoms with Gasteiger partial charge >= 0.3 is 0 Å². The topological polar surface area (TPSA) is 71.3 Å². The Balaban J connectivity index is 1.84. The van der Waals surface area contributed by atoms with Crippen molar-refractivity contribution in [2.24, 2.45) is 0 Å². The molecule has 3 rings (SSSR count). The summed E-state index contributed by atoms with van der Waals surface area (Å²) >= 11 is 0. The maximum absolute atomic E-state index is 8.94. The van der Waals surface area contributed by atoms with Crippen LogP contribution in [0.25, 0.3) is 0 Å². The lowest BCUT2D eigenvalue weighted by atomic mass is 10.2. The van der Waals surface area contributed by atoms with E-state index in [1.807, 2.05) is 13.0 Å². The van der Waals surface area contributed by atoms with E-state index in [0.29, 0.717) is 36.2 Å². The number of aromatic nitrogens is 2. The summed E-state index contributed by atoms with van der Waals surface area (Å²) in [6.07, 6.45) is 0. The molecule has 1 aromatic carbocycles. The lowest BCUT2D eigenvalue weighted by molar-refractivity contribution is 0.122. The average molecular weight is 296 g/mol. The first-order valence-corrected chi connectivity index (χ1v) is 7.11. The second kappa shape index (κ2) is 6.41. The third-order valence-electron chi connectivity index (χ3n) is 3.32. The Kier molecular flexibility index (Phi) is 4.17. The zero-order valence-electron chi connectivity index (χ0n) is 12.3. The molecule has 0 amide bonds. The fraction of sp³-hybridized carbons (Fsp3) is 0.312. The molecule has 0 saturated carbocycles. The van der Waals surface area contributed by atoms with Gasteiger partial charge in [-0.05, 0) is 25.1 Å². The molecule has 0 aliphatic carbocycles. The van der Waals surface area contributed by atoms with Crippen molar-refractivity contribution >= 4 is 5.82 Å². The quantitative estimate of drug-likeness (QED) is 0.865. The summed E-state index contributed by atoms with van der Waals surface area (Å²) in [4.78, 5) is 10.9. The Morgan fingerprint density at radius 3 is 2.82 bits per heavy atom. The fourth-order valence-electron chi connectivity index (χ4n) is 2.28. The lowest BCUT2D eigenvalue weighted by Gasteiger charge is -2.28. The van der Waals surface area contributed by atoms with E-state index in [2.05, 4.69) is 20.9 Å². The Morgan fingerprint density at radius 1 is 1.23 bits per heavy atom. The van der Waals surface area contributed by atoms with Gasteiger partial charge in [0.05, 0.1) is 24.8 Å². The molecule has 1 aliphatic heterocycles. The van der Waals surface area contributed by atoms with Gasteiger partial charge < -0.3 is 14.4 Å². The molecule has 6 nitrogen and oxygen atoms in total. The highest BCUT2D eigenvalue weighted by molar-refractivity contribution is 5.44. The van der Waals surface area contributed by atoms with Gasteiger partial charge in [-0.3, -0.25) is 0 Å². The minimum Gasteiger partial charge on any atom is -0.439 e. The van der Waals surface area contributed by atoms with Gasteiger partial charge in [0.1, 0.15) is 17.4 Å². The molecule has 1 fully saturated rings. The summed E-state index contributed by atoms with van der Waals surface area (Å²) in [6.45, 7) is 4.84. The number of aryl methyl sites for hydroxylation is 1. The van der Waals surface area contributed by atoms with Crippen molar-refractivity contribution in [2.75, 3.05) is 31.2 Å². The highest BCUT2D eigenvalue weighted by Gasteiger charge is 2.14. The molecule has 0 bridgehead atoms. The van der Waals surface area contributed by atoms with Crippen molar-refractivity contribution in [1.82, 2.24) is 9.97 Å². The first-order chi connectivity index (χ1) is 10.7. The summed E-state index contributed by atoms with van der Waals surface area (Å²) < 4.78 is 11.1. The van der Waals surface area contributed by atoms with Crippen molar-refractivity contribution in [3.05, 3.63) is 41.7 Å². The number of anilines is 1. The molecule has 2 aromatic rings. The van der Waals surface area contributed by atoms with Gasteiger partial charge in [0, 0.05) is 19.2 Å². The number of rotatable bonds is 3. The minimum absolute atomic E-state index is 0.476. The summed E-state index contributed by atoms with van der Waals surface area (Å²) in [5.74, 6) is 2.55. The van der Waals surface area contributed by atoms with Gasteiger partial charge in [-0.2, -0.15) is 10.2 Å². The largest absolute Gasteiger partial charge is 0.439 e. The van der Waals surface area contributed by atoms with E-state index in [4.69, 9.17) is 14.7 Å². The van der Waals surface area contributed by atoms with Crippen LogP contribution in [0.15, 0.2) is 30.3 Å². The average Bonchev–Trinajstić information content (AvgIpc) is 2.55. The van der Waals surface area contributed by atoms with Crippen molar-refractivity contribution in [3.63, 3.8) is 0 Å². The molecule has 0 radical (unpaired) electrons. The number of hydrogen-bond donors (Lipinski definition) is 0. The van der Waals surface area contributed by atoms with E-state index in [-0.39, 0.29) is 0 Å². The molecule has 2 heterocycles. The number of nitriles is 1. The summed E-state index contributed by atoms with van der Waals surface area (Å²) in [7, 11) is 0. The third-order valence-corrected chi connectivity index (χ3v) is 3.32. The number of morpholine rings is 1. The second-order valence-corrected chi connectivity index (χ2v) is 4.95. The van der Waals surface area contributed by atoms with Crippen molar-refractivity contribution in [3.8, 4) is 17.7 Å². The van der Waals surface area contributed by atoms with Gasteiger partial charge in [0.15, 0.2) is 0 Å². The molecule has 6 heteroatoms. The van der Waals surface area contributed by atoms with Crippen LogP contribution in [0.5, 0.6) is 11.6 Å². The van der Waals surface area contributed by atoms with Crippen molar-refractivity contribution in [1.29, 1.82) is 5.26 Å². The predicted octanol–water partition coefficient (Wildman–Crippen LogP) is 2.29. The van der Waals surface area contributed by atoms with Crippen LogP contribution in [0.2, 0.25) is 0 Å². The summed E-state index contributed by atoms with van der Waals surface area (Å²) in [6, 6.07) is 10.9. The zero-order chi connectivity index (χ0) is 15.4. The standard InChI is InChI=1S/C16H16N4O2/c1-12-18-15(20-5-7-21-8-6-20)10-16(19-12)22-14-4-2-3-13(9-14)11-17/h2-4,9-10H,5-8H2,1H3.